The Morgan fingerprint density at radius 2 is 1.97 bits per heavy atom. The van der Waals surface area contributed by atoms with E-state index in [4.69, 9.17) is 4.74 Å². The maximum absolute atomic E-state index is 13.0. The third-order valence-electron chi connectivity index (χ3n) is 6.54. The van der Waals surface area contributed by atoms with Crippen LogP contribution in [0, 0.1) is 5.82 Å². The molecule has 2 aromatic carbocycles. The summed E-state index contributed by atoms with van der Waals surface area (Å²) in [5.74, 6) is 0.595. The Labute approximate surface area is 179 Å². The first-order chi connectivity index (χ1) is 14.5. The topological polar surface area (TPSA) is 38.3 Å². The van der Waals surface area contributed by atoms with Gasteiger partial charge in [0.25, 0.3) is 0 Å². The Kier molecular flexibility index (Phi) is 4.86. The second kappa shape index (κ2) is 7.55. The highest BCUT2D eigenvalue weighted by molar-refractivity contribution is 7.15. The Hall–Kier alpha value is -2.66. The van der Waals surface area contributed by atoms with Crippen molar-refractivity contribution in [3.8, 4) is 16.2 Å². The minimum absolute atomic E-state index is 0.0314. The van der Waals surface area contributed by atoms with Gasteiger partial charge in [-0.2, -0.15) is 0 Å². The molecule has 3 aromatic rings. The van der Waals surface area contributed by atoms with Crippen LogP contribution in [0.5, 0.6) is 5.75 Å². The highest BCUT2D eigenvalue weighted by Gasteiger charge is 2.43. The predicted octanol–water partition coefficient (Wildman–Crippen LogP) is 5.62. The number of hydrogen-bond donors (Lipinski definition) is 1. The summed E-state index contributed by atoms with van der Waals surface area (Å²) in [5, 5.41) is 3.21. The highest BCUT2D eigenvalue weighted by Crippen LogP contribution is 2.44. The molecular weight excluding hydrogens is 397 g/mol. The number of piperidine rings is 1. The van der Waals surface area contributed by atoms with E-state index in [9.17, 15) is 9.18 Å². The number of thiophene rings is 1. The molecule has 1 aliphatic carbocycles. The van der Waals surface area contributed by atoms with Crippen LogP contribution in [0.1, 0.15) is 42.2 Å². The number of rotatable bonds is 4. The van der Waals surface area contributed by atoms with Gasteiger partial charge in [0.05, 0.1) is 0 Å². The zero-order chi connectivity index (χ0) is 20.7. The number of ether oxygens (including phenoxy) is 1. The van der Waals surface area contributed by atoms with Gasteiger partial charge in [0, 0.05) is 27.6 Å². The molecule has 1 aromatic heterocycles. The molecule has 2 aliphatic rings. The number of aryl methyl sites for hydroxylation is 1. The van der Waals surface area contributed by atoms with Crippen LogP contribution in [0.2, 0.25) is 0 Å². The second-order valence-corrected chi connectivity index (χ2v) is 9.63. The van der Waals surface area contributed by atoms with Gasteiger partial charge in [-0.1, -0.05) is 25.1 Å². The molecule has 1 aliphatic heterocycles. The Morgan fingerprint density at radius 1 is 1.13 bits per heavy atom. The van der Waals surface area contributed by atoms with Gasteiger partial charge in [-0.25, -0.2) is 4.39 Å². The summed E-state index contributed by atoms with van der Waals surface area (Å²) in [5.41, 5.74) is 4.05. The molecule has 1 saturated heterocycles. The molecule has 0 saturated carbocycles. The van der Waals surface area contributed by atoms with E-state index in [1.54, 1.807) is 23.5 Å². The van der Waals surface area contributed by atoms with Crippen molar-refractivity contribution >= 4 is 17.2 Å². The maximum Gasteiger partial charge on any atom is 0.220 e. The van der Waals surface area contributed by atoms with E-state index in [0.29, 0.717) is 18.8 Å². The molecule has 0 bridgehead atoms. The standard InChI is InChI=1S/C25H24FNO2S/c1-25-13-12-24(28)27-23(25)11-3-16-14-17(2-9-21(16)25)22-10-8-20(30-22)15-29-19-6-4-18(26)5-7-19/h2,4-10,14,23H,3,11-13,15H2,1H3,(H,27,28)/t23-,25-/m1/s1. The van der Waals surface area contributed by atoms with Gasteiger partial charge in [0.15, 0.2) is 0 Å². The fourth-order valence-corrected chi connectivity index (χ4v) is 5.71. The molecule has 30 heavy (non-hydrogen) atoms. The van der Waals surface area contributed by atoms with Crippen molar-refractivity contribution in [2.75, 3.05) is 0 Å². The summed E-state index contributed by atoms with van der Waals surface area (Å²) in [6.45, 7) is 2.77. The number of fused-ring (bicyclic) bond motifs is 3. The quantitative estimate of drug-likeness (QED) is 0.594. The average molecular weight is 422 g/mol. The van der Waals surface area contributed by atoms with Crippen LogP contribution in [0.15, 0.2) is 54.6 Å². The van der Waals surface area contributed by atoms with Gasteiger partial charge in [0.2, 0.25) is 5.91 Å². The molecule has 2 atom stereocenters. The van der Waals surface area contributed by atoms with Crippen LogP contribution < -0.4 is 10.1 Å². The summed E-state index contributed by atoms with van der Waals surface area (Å²) in [4.78, 5) is 14.2. The van der Waals surface area contributed by atoms with Gasteiger partial charge < -0.3 is 10.1 Å². The molecule has 3 nitrogen and oxygen atoms in total. The van der Waals surface area contributed by atoms with Gasteiger partial charge in [-0.15, -0.1) is 11.3 Å². The smallest absolute Gasteiger partial charge is 0.220 e. The summed E-state index contributed by atoms with van der Waals surface area (Å²) in [6.07, 6.45) is 3.52. The van der Waals surface area contributed by atoms with Crippen LogP contribution in [0.25, 0.3) is 10.4 Å². The van der Waals surface area contributed by atoms with Crippen molar-refractivity contribution in [2.24, 2.45) is 0 Å². The van der Waals surface area contributed by atoms with E-state index in [-0.39, 0.29) is 23.2 Å². The van der Waals surface area contributed by atoms with Gasteiger partial charge in [-0.3, -0.25) is 4.79 Å². The van der Waals surface area contributed by atoms with Crippen molar-refractivity contribution in [1.29, 1.82) is 0 Å². The van der Waals surface area contributed by atoms with Crippen molar-refractivity contribution in [2.45, 2.75) is 50.7 Å². The van der Waals surface area contributed by atoms with Crippen molar-refractivity contribution in [1.82, 2.24) is 5.32 Å². The Bertz CT molecular complexity index is 1090. The number of hydrogen-bond acceptors (Lipinski definition) is 3. The lowest BCUT2D eigenvalue weighted by Gasteiger charge is -2.46. The molecule has 5 rings (SSSR count). The zero-order valence-electron chi connectivity index (χ0n) is 16.9. The molecule has 154 valence electrons. The first kappa shape index (κ1) is 19.3. The Morgan fingerprint density at radius 3 is 2.80 bits per heavy atom. The van der Waals surface area contributed by atoms with Crippen molar-refractivity contribution < 1.29 is 13.9 Å². The number of benzene rings is 2. The third kappa shape index (κ3) is 3.52. The van der Waals surface area contributed by atoms with E-state index >= 15 is 0 Å². The monoisotopic (exact) mass is 421 g/mol. The summed E-state index contributed by atoms with van der Waals surface area (Å²) in [7, 11) is 0. The molecule has 0 spiro atoms. The number of nitrogens with one attached hydrogen (secondary N) is 1. The number of carbonyl (C=O) groups excluding carboxylic acids is 1. The highest BCUT2D eigenvalue weighted by atomic mass is 32.1. The average Bonchev–Trinajstić information content (AvgIpc) is 3.23. The molecule has 5 heteroatoms. The third-order valence-corrected chi connectivity index (χ3v) is 7.65. The van der Waals surface area contributed by atoms with Gasteiger partial charge in [0.1, 0.15) is 18.2 Å². The molecule has 0 radical (unpaired) electrons. The molecule has 1 fully saturated rings. The molecule has 0 unspecified atom stereocenters. The van der Waals surface area contributed by atoms with Gasteiger partial charge in [-0.05, 0) is 72.4 Å². The van der Waals surface area contributed by atoms with Crippen LogP contribution >= 0.6 is 11.3 Å². The van der Waals surface area contributed by atoms with Crippen LogP contribution in [0.4, 0.5) is 4.39 Å². The minimum atomic E-state index is -0.260. The summed E-state index contributed by atoms with van der Waals surface area (Å²) < 4.78 is 18.8. The van der Waals surface area contributed by atoms with Crippen LogP contribution in [0.3, 0.4) is 0 Å². The predicted molar refractivity (Wildman–Crippen MR) is 117 cm³/mol. The van der Waals surface area contributed by atoms with E-state index in [0.717, 1.165) is 24.1 Å². The Balaban J connectivity index is 1.34. The second-order valence-electron chi connectivity index (χ2n) is 8.46. The molecule has 1 amide bonds. The van der Waals surface area contributed by atoms with Crippen molar-refractivity contribution in [3.05, 3.63) is 76.4 Å². The van der Waals surface area contributed by atoms with Crippen LogP contribution in [-0.2, 0) is 23.2 Å². The zero-order valence-corrected chi connectivity index (χ0v) is 17.7. The molecule has 1 N–H and O–H groups in total. The minimum Gasteiger partial charge on any atom is -0.488 e. The summed E-state index contributed by atoms with van der Waals surface area (Å²) >= 11 is 1.73. The van der Waals surface area contributed by atoms with E-state index < -0.39 is 0 Å². The number of halogens is 1. The number of carbonyl (C=O) groups is 1. The number of amides is 1. The lowest BCUT2D eigenvalue weighted by molar-refractivity contribution is -0.125. The SMILES string of the molecule is C[C@]12CCC(=O)N[C@@H]1CCc1cc(-c3ccc(COc4ccc(F)cc4)s3)ccc12. The van der Waals surface area contributed by atoms with Gasteiger partial charge >= 0.3 is 0 Å². The van der Waals surface area contributed by atoms with Crippen LogP contribution in [-0.4, -0.2) is 11.9 Å². The fraction of sp³-hybridized carbons (Fsp3) is 0.320. The fourth-order valence-electron chi connectivity index (χ4n) is 4.79. The lowest BCUT2D eigenvalue weighted by Crippen LogP contribution is -2.55. The molecule has 2 heterocycles. The lowest BCUT2D eigenvalue weighted by atomic mass is 9.64. The maximum atomic E-state index is 13.0. The first-order valence-corrected chi connectivity index (χ1v) is 11.2. The van der Waals surface area contributed by atoms with E-state index in [1.165, 1.54) is 33.7 Å². The normalized spacial score (nSPS) is 22.7. The molecular formula is C25H24FNO2S. The first-order valence-electron chi connectivity index (χ1n) is 10.4. The summed E-state index contributed by atoms with van der Waals surface area (Å²) in [6, 6.07) is 17.4. The van der Waals surface area contributed by atoms with E-state index in [1.807, 2.05) is 0 Å². The van der Waals surface area contributed by atoms with E-state index in [2.05, 4.69) is 42.6 Å². The van der Waals surface area contributed by atoms with Crippen molar-refractivity contribution in [3.63, 3.8) is 0 Å². The largest absolute Gasteiger partial charge is 0.488 e.